The Morgan fingerprint density at radius 3 is 2.53 bits per heavy atom. The Kier molecular flexibility index (Phi) is 4.45. The first kappa shape index (κ1) is 11.4. The van der Waals surface area contributed by atoms with Crippen LogP contribution in [-0.2, 0) is 4.74 Å². The van der Waals surface area contributed by atoms with Gasteiger partial charge in [-0.1, -0.05) is 13.3 Å². The van der Waals surface area contributed by atoms with Crippen molar-refractivity contribution < 1.29 is 4.74 Å². The molecule has 1 N–H and O–H groups in total. The van der Waals surface area contributed by atoms with E-state index in [0.717, 1.165) is 31.1 Å². The van der Waals surface area contributed by atoms with E-state index in [1.807, 2.05) is 0 Å². The highest BCUT2D eigenvalue weighted by molar-refractivity contribution is 4.88. The molecule has 1 saturated heterocycles. The standard InChI is InChI=1S/C13H25NO/c1-2-8-14-13(11-5-3-6-11)12-7-4-9-15-10-12/h11-14H,2-10H2,1H3. The molecular weight excluding hydrogens is 186 g/mol. The third kappa shape index (κ3) is 2.94. The van der Waals surface area contributed by atoms with Crippen molar-refractivity contribution in [2.45, 2.75) is 51.5 Å². The zero-order chi connectivity index (χ0) is 10.5. The molecule has 2 rings (SSSR count). The van der Waals surface area contributed by atoms with Crippen LogP contribution >= 0.6 is 0 Å². The fourth-order valence-electron chi connectivity index (χ4n) is 2.88. The summed E-state index contributed by atoms with van der Waals surface area (Å²) in [6, 6.07) is 0.749. The maximum atomic E-state index is 5.62. The molecule has 1 aliphatic heterocycles. The lowest BCUT2D eigenvalue weighted by molar-refractivity contribution is 0.0191. The molecule has 0 spiro atoms. The first-order chi connectivity index (χ1) is 7.42. The smallest absolute Gasteiger partial charge is 0.0509 e. The van der Waals surface area contributed by atoms with Gasteiger partial charge in [-0.05, 0) is 50.5 Å². The van der Waals surface area contributed by atoms with Gasteiger partial charge in [-0.15, -0.1) is 0 Å². The average Bonchev–Trinajstić information content (AvgIpc) is 2.22. The minimum atomic E-state index is 0.749. The van der Waals surface area contributed by atoms with Crippen LogP contribution in [0, 0.1) is 11.8 Å². The van der Waals surface area contributed by atoms with Crippen LogP contribution in [0.2, 0.25) is 0 Å². The molecule has 0 bridgehead atoms. The van der Waals surface area contributed by atoms with E-state index in [9.17, 15) is 0 Å². The maximum absolute atomic E-state index is 5.62. The van der Waals surface area contributed by atoms with Crippen molar-refractivity contribution in [1.29, 1.82) is 0 Å². The summed E-state index contributed by atoms with van der Waals surface area (Å²) in [5.41, 5.74) is 0. The van der Waals surface area contributed by atoms with E-state index in [1.165, 1.54) is 45.1 Å². The first-order valence-electron chi connectivity index (χ1n) is 6.73. The van der Waals surface area contributed by atoms with Crippen LogP contribution in [0.3, 0.4) is 0 Å². The summed E-state index contributed by atoms with van der Waals surface area (Å²) in [5, 5.41) is 3.76. The summed E-state index contributed by atoms with van der Waals surface area (Å²) >= 11 is 0. The lowest BCUT2D eigenvalue weighted by Gasteiger charge is -2.40. The van der Waals surface area contributed by atoms with E-state index >= 15 is 0 Å². The van der Waals surface area contributed by atoms with Crippen molar-refractivity contribution in [2.24, 2.45) is 11.8 Å². The Balaban J connectivity index is 1.84. The van der Waals surface area contributed by atoms with E-state index < -0.39 is 0 Å². The Labute approximate surface area is 93.8 Å². The van der Waals surface area contributed by atoms with Crippen molar-refractivity contribution >= 4 is 0 Å². The van der Waals surface area contributed by atoms with Gasteiger partial charge < -0.3 is 10.1 Å². The molecular formula is C13H25NO. The van der Waals surface area contributed by atoms with Gasteiger partial charge in [0.2, 0.25) is 0 Å². The average molecular weight is 211 g/mol. The van der Waals surface area contributed by atoms with Crippen LogP contribution in [0.25, 0.3) is 0 Å². The highest BCUT2D eigenvalue weighted by Gasteiger charge is 2.33. The fraction of sp³-hybridized carbons (Fsp3) is 1.00. The maximum Gasteiger partial charge on any atom is 0.0509 e. The molecule has 0 aromatic rings. The number of rotatable bonds is 5. The van der Waals surface area contributed by atoms with Crippen LogP contribution in [0.1, 0.15) is 45.4 Å². The number of hydrogen-bond acceptors (Lipinski definition) is 2. The Morgan fingerprint density at radius 2 is 2.00 bits per heavy atom. The lowest BCUT2D eigenvalue weighted by Crippen LogP contribution is -2.47. The predicted octanol–water partition coefficient (Wildman–Crippen LogP) is 2.58. The second-order valence-corrected chi connectivity index (χ2v) is 5.15. The second kappa shape index (κ2) is 5.86. The van der Waals surface area contributed by atoms with Crippen molar-refractivity contribution in [3.8, 4) is 0 Å². The Bertz CT molecular complexity index is 173. The van der Waals surface area contributed by atoms with Gasteiger partial charge >= 0.3 is 0 Å². The van der Waals surface area contributed by atoms with Gasteiger partial charge in [0.1, 0.15) is 0 Å². The molecule has 1 aliphatic carbocycles. The van der Waals surface area contributed by atoms with Gasteiger partial charge in [-0.25, -0.2) is 0 Å². The van der Waals surface area contributed by atoms with Crippen LogP contribution in [0.15, 0.2) is 0 Å². The second-order valence-electron chi connectivity index (χ2n) is 5.15. The predicted molar refractivity (Wildman–Crippen MR) is 63.0 cm³/mol. The Morgan fingerprint density at radius 1 is 1.20 bits per heavy atom. The van der Waals surface area contributed by atoms with Crippen molar-refractivity contribution in [3.05, 3.63) is 0 Å². The van der Waals surface area contributed by atoms with Crippen molar-refractivity contribution in [3.63, 3.8) is 0 Å². The van der Waals surface area contributed by atoms with Gasteiger partial charge in [-0.2, -0.15) is 0 Å². The highest BCUT2D eigenvalue weighted by atomic mass is 16.5. The third-order valence-corrected chi connectivity index (χ3v) is 3.99. The molecule has 0 radical (unpaired) electrons. The van der Waals surface area contributed by atoms with Gasteiger partial charge in [0.05, 0.1) is 6.61 Å². The molecule has 2 unspecified atom stereocenters. The quantitative estimate of drug-likeness (QED) is 0.754. The summed E-state index contributed by atoms with van der Waals surface area (Å²) in [7, 11) is 0. The van der Waals surface area contributed by atoms with Gasteiger partial charge in [0.15, 0.2) is 0 Å². The van der Waals surface area contributed by atoms with E-state index in [-0.39, 0.29) is 0 Å². The van der Waals surface area contributed by atoms with Gasteiger partial charge in [0, 0.05) is 12.6 Å². The first-order valence-corrected chi connectivity index (χ1v) is 6.73. The highest BCUT2D eigenvalue weighted by Crippen LogP contribution is 2.35. The molecule has 0 aromatic heterocycles. The van der Waals surface area contributed by atoms with Crippen LogP contribution in [0.5, 0.6) is 0 Å². The monoisotopic (exact) mass is 211 g/mol. The van der Waals surface area contributed by atoms with E-state index in [0.29, 0.717) is 0 Å². The number of hydrogen-bond donors (Lipinski definition) is 1. The SMILES string of the molecule is CCCNC(C1CCC1)C1CCCOC1. The molecule has 2 fully saturated rings. The lowest BCUT2D eigenvalue weighted by atomic mass is 9.73. The van der Waals surface area contributed by atoms with Crippen molar-refractivity contribution in [1.82, 2.24) is 5.32 Å². The number of nitrogens with one attached hydrogen (secondary N) is 1. The zero-order valence-electron chi connectivity index (χ0n) is 10.0. The molecule has 15 heavy (non-hydrogen) atoms. The van der Waals surface area contributed by atoms with Crippen molar-refractivity contribution in [2.75, 3.05) is 19.8 Å². The fourth-order valence-corrected chi connectivity index (χ4v) is 2.88. The van der Waals surface area contributed by atoms with E-state index in [1.54, 1.807) is 0 Å². The molecule has 88 valence electrons. The Hall–Kier alpha value is -0.0800. The van der Waals surface area contributed by atoms with Crippen LogP contribution in [-0.4, -0.2) is 25.8 Å². The molecule has 0 amide bonds. The van der Waals surface area contributed by atoms with Gasteiger partial charge in [0.25, 0.3) is 0 Å². The number of ether oxygens (including phenoxy) is 1. The molecule has 2 heteroatoms. The summed E-state index contributed by atoms with van der Waals surface area (Å²) in [6.45, 7) is 5.42. The molecule has 1 saturated carbocycles. The van der Waals surface area contributed by atoms with E-state index in [2.05, 4.69) is 12.2 Å². The molecule has 1 heterocycles. The molecule has 2 aliphatic rings. The molecule has 2 nitrogen and oxygen atoms in total. The van der Waals surface area contributed by atoms with Crippen LogP contribution in [0.4, 0.5) is 0 Å². The van der Waals surface area contributed by atoms with Crippen LogP contribution < -0.4 is 5.32 Å². The summed E-state index contributed by atoms with van der Waals surface area (Å²) in [5.74, 6) is 1.74. The normalized spacial score (nSPS) is 29.8. The summed E-state index contributed by atoms with van der Waals surface area (Å²) in [6.07, 6.45) is 8.22. The third-order valence-electron chi connectivity index (χ3n) is 3.99. The van der Waals surface area contributed by atoms with E-state index in [4.69, 9.17) is 4.74 Å². The largest absolute Gasteiger partial charge is 0.381 e. The molecule has 0 aromatic carbocycles. The summed E-state index contributed by atoms with van der Waals surface area (Å²) in [4.78, 5) is 0. The topological polar surface area (TPSA) is 21.3 Å². The zero-order valence-corrected chi connectivity index (χ0v) is 10.0. The summed E-state index contributed by atoms with van der Waals surface area (Å²) < 4.78 is 5.62. The molecule has 2 atom stereocenters. The van der Waals surface area contributed by atoms with Gasteiger partial charge in [-0.3, -0.25) is 0 Å². The minimum Gasteiger partial charge on any atom is -0.381 e. The minimum absolute atomic E-state index is 0.749.